The quantitative estimate of drug-likeness (QED) is 0.837. The molecule has 2 heterocycles. The Bertz CT molecular complexity index is 592. The number of methoxy groups -OCH3 is 1. The summed E-state index contributed by atoms with van der Waals surface area (Å²) in [5.41, 5.74) is 0.510. The molecular weight excluding hydrogens is 308 g/mol. The van der Waals surface area contributed by atoms with Crippen molar-refractivity contribution in [3.63, 3.8) is 0 Å². The molecule has 2 fully saturated rings. The molecule has 2 aliphatic heterocycles. The number of rotatable bonds is 6. The predicted octanol–water partition coefficient (Wildman–Crippen LogP) is 0.842. The van der Waals surface area contributed by atoms with E-state index in [1.54, 1.807) is 31.4 Å². The molecular formula is C14H20N2O5S. The smallest absolute Gasteiger partial charge is 0.301 e. The minimum absolute atomic E-state index is 0.0130. The third-order valence-corrected chi connectivity index (χ3v) is 5.25. The minimum atomic E-state index is -3.51. The molecule has 122 valence electrons. The molecule has 2 aliphatic rings. The van der Waals surface area contributed by atoms with Crippen molar-refractivity contribution < 1.29 is 22.6 Å². The molecule has 8 heteroatoms. The summed E-state index contributed by atoms with van der Waals surface area (Å²) in [5.74, 6) is 0.710. The third kappa shape index (κ3) is 3.52. The Balaban J connectivity index is 1.56. The van der Waals surface area contributed by atoms with Gasteiger partial charge in [0.05, 0.1) is 25.0 Å². The maximum absolute atomic E-state index is 12.1. The second-order valence-corrected chi connectivity index (χ2v) is 7.08. The van der Waals surface area contributed by atoms with Gasteiger partial charge in [-0.05, 0) is 24.3 Å². The molecule has 3 rings (SSSR count). The summed E-state index contributed by atoms with van der Waals surface area (Å²) in [4.78, 5) is 0. The van der Waals surface area contributed by atoms with E-state index in [0.717, 1.165) is 13.0 Å². The van der Waals surface area contributed by atoms with Crippen LogP contribution in [-0.2, 0) is 19.7 Å². The Morgan fingerprint density at radius 1 is 1.23 bits per heavy atom. The minimum Gasteiger partial charge on any atom is -0.488 e. The number of hydrogen-bond acceptors (Lipinski definition) is 5. The molecule has 7 nitrogen and oxygen atoms in total. The average molecular weight is 328 g/mol. The number of benzene rings is 1. The van der Waals surface area contributed by atoms with Crippen molar-refractivity contribution in [3.05, 3.63) is 24.3 Å². The molecule has 1 atom stereocenters. The first kappa shape index (κ1) is 15.5. The zero-order valence-corrected chi connectivity index (χ0v) is 13.2. The lowest BCUT2D eigenvalue weighted by molar-refractivity contribution is 0.0128. The molecule has 0 amide bonds. The molecule has 0 radical (unpaired) electrons. The molecule has 0 saturated carbocycles. The van der Waals surface area contributed by atoms with Crippen LogP contribution in [0.3, 0.4) is 0 Å². The summed E-state index contributed by atoms with van der Waals surface area (Å²) in [5, 5.41) is 0. The van der Waals surface area contributed by atoms with Crippen LogP contribution >= 0.6 is 0 Å². The van der Waals surface area contributed by atoms with E-state index in [4.69, 9.17) is 14.2 Å². The van der Waals surface area contributed by atoms with Gasteiger partial charge in [0.25, 0.3) is 0 Å². The lowest BCUT2D eigenvalue weighted by Gasteiger charge is -2.36. The van der Waals surface area contributed by atoms with Gasteiger partial charge in [-0.25, -0.2) is 0 Å². The fourth-order valence-corrected chi connectivity index (χ4v) is 3.65. The average Bonchev–Trinajstić information content (AvgIpc) is 2.92. The Hall–Kier alpha value is -1.35. The van der Waals surface area contributed by atoms with Gasteiger partial charge in [0.15, 0.2) is 0 Å². The standard InChI is InChI=1S/C14H20N2O5S/c1-19-14-8-16(9-14)22(17,18)15-11-2-4-12(5-3-11)21-13-6-7-20-10-13/h2-5,13-15H,6-10H2,1H3. The molecule has 0 aromatic heterocycles. The molecule has 0 spiro atoms. The summed E-state index contributed by atoms with van der Waals surface area (Å²) >= 11 is 0. The van der Waals surface area contributed by atoms with Gasteiger partial charge in [-0.1, -0.05) is 0 Å². The summed E-state index contributed by atoms with van der Waals surface area (Å²) in [6.45, 7) is 2.09. The van der Waals surface area contributed by atoms with Gasteiger partial charge in [0.1, 0.15) is 11.9 Å². The van der Waals surface area contributed by atoms with Gasteiger partial charge >= 0.3 is 10.2 Å². The van der Waals surface area contributed by atoms with Crippen LogP contribution in [0.5, 0.6) is 5.75 Å². The number of anilines is 1. The molecule has 1 aromatic rings. The summed E-state index contributed by atoms with van der Waals surface area (Å²) in [7, 11) is -1.93. The van der Waals surface area contributed by atoms with E-state index in [1.807, 2.05) is 0 Å². The first-order valence-corrected chi connectivity index (χ1v) is 8.66. The van der Waals surface area contributed by atoms with E-state index in [0.29, 0.717) is 31.1 Å². The van der Waals surface area contributed by atoms with Crippen molar-refractivity contribution in [2.24, 2.45) is 0 Å². The second-order valence-electron chi connectivity index (χ2n) is 5.41. The molecule has 1 N–H and O–H groups in total. The summed E-state index contributed by atoms with van der Waals surface area (Å²) in [6.07, 6.45) is 0.944. The molecule has 1 aromatic carbocycles. The lowest BCUT2D eigenvalue weighted by atomic mass is 10.2. The van der Waals surface area contributed by atoms with E-state index in [-0.39, 0.29) is 12.2 Å². The van der Waals surface area contributed by atoms with Crippen LogP contribution in [0.2, 0.25) is 0 Å². The SMILES string of the molecule is COC1CN(S(=O)(=O)Nc2ccc(OC3CCOC3)cc2)C1. The third-order valence-electron chi connectivity index (χ3n) is 3.78. The Kier molecular flexibility index (Phi) is 4.53. The number of hydrogen-bond donors (Lipinski definition) is 1. The van der Waals surface area contributed by atoms with Crippen molar-refractivity contribution in [2.75, 3.05) is 38.1 Å². The van der Waals surface area contributed by atoms with Crippen LogP contribution in [-0.4, -0.2) is 58.3 Å². The molecule has 0 aliphatic carbocycles. The molecule has 0 bridgehead atoms. The molecule has 2 saturated heterocycles. The fourth-order valence-electron chi connectivity index (χ4n) is 2.36. The van der Waals surface area contributed by atoms with Crippen molar-refractivity contribution >= 4 is 15.9 Å². The van der Waals surface area contributed by atoms with Gasteiger partial charge in [-0.2, -0.15) is 12.7 Å². The van der Waals surface area contributed by atoms with Crippen molar-refractivity contribution in [3.8, 4) is 5.75 Å². The fraction of sp³-hybridized carbons (Fsp3) is 0.571. The van der Waals surface area contributed by atoms with Gasteiger partial charge in [-0.3, -0.25) is 4.72 Å². The maximum Gasteiger partial charge on any atom is 0.301 e. The van der Waals surface area contributed by atoms with Crippen LogP contribution in [0.25, 0.3) is 0 Å². The Morgan fingerprint density at radius 2 is 1.95 bits per heavy atom. The van der Waals surface area contributed by atoms with Crippen LogP contribution in [0.4, 0.5) is 5.69 Å². The van der Waals surface area contributed by atoms with E-state index in [1.165, 1.54) is 4.31 Å². The zero-order chi connectivity index (χ0) is 15.6. The Morgan fingerprint density at radius 3 is 2.55 bits per heavy atom. The number of nitrogens with one attached hydrogen (secondary N) is 1. The maximum atomic E-state index is 12.1. The normalized spacial score (nSPS) is 23.2. The van der Waals surface area contributed by atoms with Crippen LogP contribution in [0.1, 0.15) is 6.42 Å². The summed E-state index contributed by atoms with van der Waals surface area (Å²) < 4.78 is 44.2. The highest BCUT2D eigenvalue weighted by Crippen LogP contribution is 2.22. The van der Waals surface area contributed by atoms with E-state index >= 15 is 0 Å². The van der Waals surface area contributed by atoms with E-state index < -0.39 is 10.2 Å². The highest BCUT2D eigenvalue weighted by molar-refractivity contribution is 7.90. The van der Waals surface area contributed by atoms with Gasteiger partial charge in [0, 0.05) is 26.6 Å². The van der Waals surface area contributed by atoms with Crippen LogP contribution < -0.4 is 9.46 Å². The molecule has 1 unspecified atom stereocenters. The highest BCUT2D eigenvalue weighted by Gasteiger charge is 2.35. The molecule has 22 heavy (non-hydrogen) atoms. The Labute approximate surface area is 130 Å². The van der Waals surface area contributed by atoms with Crippen LogP contribution in [0, 0.1) is 0 Å². The zero-order valence-electron chi connectivity index (χ0n) is 12.4. The first-order chi connectivity index (χ1) is 10.6. The number of ether oxygens (including phenoxy) is 3. The monoisotopic (exact) mass is 328 g/mol. The topological polar surface area (TPSA) is 77.1 Å². The van der Waals surface area contributed by atoms with Gasteiger partial charge in [-0.15, -0.1) is 0 Å². The van der Waals surface area contributed by atoms with E-state index in [2.05, 4.69) is 4.72 Å². The lowest BCUT2D eigenvalue weighted by Crippen LogP contribution is -2.55. The predicted molar refractivity (Wildman–Crippen MR) is 81.2 cm³/mol. The van der Waals surface area contributed by atoms with Crippen molar-refractivity contribution in [1.82, 2.24) is 4.31 Å². The summed E-state index contributed by atoms with van der Waals surface area (Å²) in [6, 6.07) is 6.89. The van der Waals surface area contributed by atoms with Gasteiger partial charge < -0.3 is 14.2 Å². The van der Waals surface area contributed by atoms with Crippen molar-refractivity contribution in [2.45, 2.75) is 18.6 Å². The first-order valence-electron chi connectivity index (χ1n) is 7.22. The second kappa shape index (κ2) is 6.41. The van der Waals surface area contributed by atoms with E-state index in [9.17, 15) is 8.42 Å². The largest absolute Gasteiger partial charge is 0.488 e. The van der Waals surface area contributed by atoms with Gasteiger partial charge in [0.2, 0.25) is 0 Å². The van der Waals surface area contributed by atoms with Crippen LogP contribution in [0.15, 0.2) is 24.3 Å². The van der Waals surface area contributed by atoms with Crippen molar-refractivity contribution in [1.29, 1.82) is 0 Å². The number of nitrogens with zero attached hydrogens (tertiary/aromatic N) is 1. The highest BCUT2D eigenvalue weighted by atomic mass is 32.2.